The number of hydrogen-bond donors (Lipinski definition) is 1. The third kappa shape index (κ3) is 3.91. The number of rotatable bonds is 5. The summed E-state index contributed by atoms with van der Waals surface area (Å²) in [6.07, 6.45) is 3.95. The number of ether oxygens (including phenoxy) is 1. The van der Waals surface area contributed by atoms with Crippen molar-refractivity contribution in [1.29, 1.82) is 0 Å². The zero-order valence-corrected chi connectivity index (χ0v) is 14.8. The van der Waals surface area contributed by atoms with Crippen molar-refractivity contribution in [3.05, 3.63) is 53.9 Å². The lowest BCUT2D eigenvalue weighted by atomic mass is 9.93. The molecule has 0 radical (unpaired) electrons. The molecule has 1 saturated heterocycles. The molecule has 1 fully saturated rings. The van der Waals surface area contributed by atoms with Crippen LogP contribution in [0.4, 0.5) is 0 Å². The van der Waals surface area contributed by atoms with Crippen molar-refractivity contribution in [2.45, 2.75) is 31.9 Å². The molecule has 1 aromatic carbocycles. The van der Waals surface area contributed by atoms with E-state index in [0.29, 0.717) is 31.7 Å². The van der Waals surface area contributed by atoms with Gasteiger partial charge < -0.3 is 14.7 Å². The second-order valence-electron chi connectivity index (χ2n) is 6.88. The summed E-state index contributed by atoms with van der Waals surface area (Å²) in [6, 6.07) is 10.1. The Morgan fingerprint density at radius 1 is 1.36 bits per heavy atom. The maximum atomic E-state index is 12.8. The van der Waals surface area contributed by atoms with E-state index in [2.05, 4.69) is 5.10 Å². The maximum absolute atomic E-state index is 12.8. The van der Waals surface area contributed by atoms with Crippen molar-refractivity contribution < 1.29 is 14.6 Å². The number of aliphatic hydroxyl groups is 1. The van der Waals surface area contributed by atoms with E-state index in [9.17, 15) is 9.90 Å². The smallest absolute Gasteiger partial charge is 0.257 e. The molecule has 6 nitrogen and oxygen atoms in total. The van der Waals surface area contributed by atoms with E-state index in [1.54, 1.807) is 22.0 Å². The number of aromatic nitrogens is 2. The fraction of sp³-hybridized carbons (Fsp3) is 0.474. The molecule has 3 rings (SSSR count). The molecule has 0 bridgehead atoms. The van der Waals surface area contributed by atoms with Crippen molar-refractivity contribution in [2.24, 2.45) is 0 Å². The second kappa shape index (κ2) is 7.37. The van der Waals surface area contributed by atoms with Crippen LogP contribution in [0, 0.1) is 0 Å². The third-order valence-corrected chi connectivity index (χ3v) is 4.57. The van der Waals surface area contributed by atoms with Gasteiger partial charge in [-0.05, 0) is 19.4 Å². The Morgan fingerprint density at radius 3 is 2.76 bits per heavy atom. The molecule has 25 heavy (non-hydrogen) atoms. The summed E-state index contributed by atoms with van der Waals surface area (Å²) in [5.41, 5.74) is 0.893. The third-order valence-electron chi connectivity index (χ3n) is 4.57. The van der Waals surface area contributed by atoms with Crippen LogP contribution in [0.5, 0.6) is 0 Å². The van der Waals surface area contributed by atoms with Gasteiger partial charge in [-0.15, -0.1) is 0 Å². The Kier molecular flexibility index (Phi) is 5.20. The lowest BCUT2D eigenvalue weighted by Gasteiger charge is -2.41. The number of carbonyl (C=O) groups is 1. The summed E-state index contributed by atoms with van der Waals surface area (Å²) in [4.78, 5) is 14.6. The zero-order chi connectivity index (χ0) is 17.9. The largest absolute Gasteiger partial charge is 0.393 e. The first-order valence-corrected chi connectivity index (χ1v) is 8.65. The molecule has 2 heterocycles. The minimum Gasteiger partial charge on any atom is -0.393 e. The summed E-state index contributed by atoms with van der Waals surface area (Å²) in [5.74, 6) is -0.0684. The predicted molar refractivity (Wildman–Crippen MR) is 94.4 cm³/mol. The van der Waals surface area contributed by atoms with Gasteiger partial charge in [0.15, 0.2) is 0 Å². The number of carbonyl (C=O) groups excluding carboxylic acids is 1. The highest BCUT2D eigenvalue weighted by Crippen LogP contribution is 2.24. The van der Waals surface area contributed by atoms with Crippen molar-refractivity contribution in [2.75, 3.05) is 26.3 Å². The molecule has 1 amide bonds. The average Bonchev–Trinajstić information content (AvgIpc) is 3.12. The molecule has 1 atom stereocenters. The van der Waals surface area contributed by atoms with Gasteiger partial charge in [-0.3, -0.25) is 9.48 Å². The Hall–Kier alpha value is -2.18. The van der Waals surface area contributed by atoms with Crippen LogP contribution in [0.2, 0.25) is 0 Å². The first-order valence-electron chi connectivity index (χ1n) is 8.65. The van der Waals surface area contributed by atoms with E-state index in [-0.39, 0.29) is 18.6 Å². The van der Waals surface area contributed by atoms with E-state index in [1.165, 1.54) is 0 Å². The molecule has 2 aromatic rings. The van der Waals surface area contributed by atoms with E-state index in [1.807, 2.05) is 44.2 Å². The van der Waals surface area contributed by atoms with Gasteiger partial charge in [-0.25, -0.2) is 0 Å². The van der Waals surface area contributed by atoms with Gasteiger partial charge >= 0.3 is 0 Å². The standard InChI is InChI=1S/C19H25N3O3/c1-15(2)22-12-17(11-20-22)18(24)21-8-9-25-19(13-21,14-23)10-16-6-4-3-5-7-16/h3-7,11-12,15,23H,8-10,13-14H2,1-2H3/t19-/m1/s1. The summed E-state index contributed by atoms with van der Waals surface area (Å²) in [6.45, 7) is 5.21. The number of benzene rings is 1. The van der Waals surface area contributed by atoms with Gasteiger partial charge in [-0.1, -0.05) is 30.3 Å². The molecule has 0 saturated carbocycles. The van der Waals surface area contributed by atoms with Crippen molar-refractivity contribution >= 4 is 5.91 Å². The number of morpholine rings is 1. The van der Waals surface area contributed by atoms with Gasteiger partial charge in [0, 0.05) is 25.2 Å². The Labute approximate surface area is 148 Å². The van der Waals surface area contributed by atoms with Gasteiger partial charge in [0.25, 0.3) is 5.91 Å². The lowest BCUT2D eigenvalue weighted by molar-refractivity contribution is -0.123. The van der Waals surface area contributed by atoms with Gasteiger partial charge in [-0.2, -0.15) is 5.10 Å². The van der Waals surface area contributed by atoms with Crippen molar-refractivity contribution in [3.63, 3.8) is 0 Å². The van der Waals surface area contributed by atoms with Crippen LogP contribution in [0.1, 0.15) is 35.8 Å². The van der Waals surface area contributed by atoms with Crippen LogP contribution in [0.25, 0.3) is 0 Å². The molecule has 0 spiro atoms. The highest BCUT2D eigenvalue weighted by Gasteiger charge is 2.38. The quantitative estimate of drug-likeness (QED) is 0.900. The molecule has 0 aliphatic carbocycles. The maximum Gasteiger partial charge on any atom is 0.257 e. The fourth-order valence-corrected chi connectivity index (χ4v) is 3.16. The first-order chi connectivity index (χ1) is 12.0. The molecule has 1 aliphatic rings. The van der Waals surface area contributed by atoms with Crippen LogP contribution >= 0.6 is 0 Å². The van der Waals surface area contributed by atoms with Crippen LogP contribution < -0.4 is 0 Å². The average molecular weight is 343 g/mol. The van der Waals surface area contributed by atoms with E-state index >= 15 is 0 Å². The predicted octanol–water partition coefficient (Wildman–Crippen LogP) is 1.91. The molecular weight excluding hydrogens is 318 g/mol. The highest BCUT2D eigenvalue weighted by molar-refractivity contribution is 5.93. The topological polar surface area (TPSA) is 67.6 Å². The SMILES string of the molecule is CC(C)n1cc(C(=O)N2CCO[C@](CO)(Cc3ccccc3)C2)cn1. The van der Waals surface area contributed by atoms with E-state index in [0.717, 1.165) is 5.56 Å². The molecule has 0 unspecified atom stereocenters. The molecule has 1 aromatic heterocycles. The number of nitrogens with zero attached hydrogens (tertiary/aromatic N) is 3. The molecule has 6 heteroatoms. The summed E-state index contributed by atoms with van der Waals surface area (Å²) in [5, 5.41) is 14.2. The summed E-state index contributed by atoms with van der Waals surface area (Å²) in [7, 11) is 0. The van der Waals surface area contributed by atoms with Crippen LogP contribution in [-0.4, -0.2) is 57.6 Å². The first kappa shape index (κ1) is 17.6. The minimum absolute atomic E-state index is 0.0684. The fourth-order valence-electron chi connectivity index (χ4n) is 3.16. The highest BCUT2D eigenvalue weighted by atomic mass is 16.5. The number of hydrogen-bond acceptors (Lipinski definition) is 4. The van der Waals surface area contributed by atoms with Crippen molar-refractivity contribution in [1.82, 2.24) is 14.7 Å². The Balaban J connectivity index is 1.75. The Morgan fingerprint density at radius 2 is 2.12 bits per heavy atom. The molecule has 1 N–H and O–H groups in total. The van der Waals surface area contributed by atoms with Crippen LogP contribution in [-0.2, 0) is 11.2 Å². The minimum atomic E-state index is -0.761. The zero-order valence-electron chi connectivity index (χ0n) is 14.8. The summed E-state index contributed by atoms with van der Waals surface area (Å²) >= 11 is 0. The van der Waals surface area contributed by atoms with E-state index < -0.39 is 5.60 Å². The number of aliphatic hydroxyl groups excluding tert-OH is 1. The molecular formula is C19H25N3O3. The van der Waals surface area contributed by atoms with E-state index in [4.69, 9.17) is 4.74 Å². The van der Waals surface area contributed by atoms with Crippen molar-refractivity contribution in [3.8, 4) is 0 Å². The van der Waals surface area contributed by atoms with Gasteiger partial charge in [0.1, 0.15) is 5.60 Å². The molecule has 1 aliphatic heterocycles. The second-order valence-corrected chi connectivity index (χ2v) is 6.88. The lowest BCUT2D eigenvalue weighted by Crippen LogP contribution is -2.56. The van der Waals surface area contributed by atoms with Gasteiger partial charge in [0.05, 0.1) is 31.5 Å². The normalized spacial score (nSPS) is 20.9. The monoisotopic (exact) mass is 343 g/mol. The molecule has 134 valence electrons. The summed E-state index contributed by atoms with van der Waals surface area (Å²) < 4.78 is 7.69. The number of amides is 1. The van der Waals surface area contributed by atoms with Crippen LogP contribution in [0.3, 0.4) is 0 Å². The Bertz CT molecular complexity index is 714. The van der Waals surface area contributed by atoms with Crippen LogP contribution in [0.15, 0.2) is 42.7 Å². The van der Waals surface area contributed by atoms with Gasteiger partial charge in [0.2, 0.25) is 0 Å².